The summed E-state index contributed by atoms with van der Waals surface area (Å²) in [6.07, 6.45) is 6.88. The van der Waals surface area contributed by atoms with Crippen molar-refractivity contribution in [3.8, 4) is 0 Å². The second-order valence-electron chi connectivity index (χ2n) is 6.78. The summed E-state index contributed by atoms with van der Waals surface area (Å²) >= 11 is 0. The van der Waals surface area contributed by atoms with Crippen LogP contribution < -0.4 is 0 Å². The lowest BCUT2D eigenvalue weighted by Crippen LogP contribution is -2.32. The second-order valence-corrected chi connectivity index (χ2v) is 6.78. The summed E-state index contributed by atoms with van der Waals surface area (Å²) in [5, 5.41) is 0. The van der Waals surface area contributed by atoms with Gasteiger partial charge in [-0.25, -0.2) is 9.78 Å². The zero-order valence-corrected chi connectivity index (χ0v) is 11.6. The molecule has 0 aliphatic heterocycles. The van der Waals surface area contributed by atoms with Gasteiger partial charge in [-0.2, -0.15) is 0 Å². The summed E-state index contributed by atoms with van der Waals surface area (Å²) in [5.41, 5.74) is 0.0360. The van der Waals surface area contributed by atoms with Crippen LogP contribution in [0.3, 0.4) is 0 Å². The summed E-state index contributed by atoms with van der Waals surface area (Å²) in [4.78, 5) is 10.8. The Bertz CT molecular complexity index is 197. The molecule has 16 heavy (non-hydrogen) atoms. The first-order valence-electron chi connectivity index (χ1n) is 6.62. The van der Waals surface area contributed by atoms with Gasteiger partial charge in [-0.05, 0) is 44.9 Å². The van der Waals surface area contributed by atoms with Crippen LogP contribution in [0.1, 0.15) is 66.7 Å². The molecule has 0 radical (unpaired) electrons. The van der Waals surface area contributed by atoms with E-state index in [9.17, 15) is 0 Å². The van der Waals surface area contributed by atoms with Gasteiger partial charge in [-0.3, -0.25) is 0 Å². The van der Waals surface area contributed by atoms with E-state index in [1.54, 1.807) is 0 Å². The van der Waals surface area contributed by atoms with Crippen LogP contribution in [-0.2, 0) is 9.78 Å². The van der Waals surface area contributed by atoms with Crippen molar-refractivity contribution < 1.29 is 9.78 Å². The van der Waals surface area contributed by atoms with Gasteiger partial charge in [-0.15, -0.1) is 0 Å². The van der Waals surface area contributed by atoms with Gasteiger partial charge < -0.3 is 0 Å². The van der Waals surface area contributed by atoms with E-state index < -0.39 is 0 Å². The minimum Gasteiger partial charge on any atom is -0.236 e. The Hall–Kier alpha value is -0.0800. The summed E-state index contributed by atoms with van der Waals surface area (Å²) in [6.45, 7) is 11.3. The lowest BCUT2D eigenvalue weighted by molar-refractivity contribution is -0.361. The van der Waals surface area contributed by atoms with E-state index >= 15 is 0 Å². The van der Waals surface area contributed by atoms with Gasteiger partial charge in [0.15, 0.2) is 0 Å². The Labute approximate surface area is 101 Å². The van der Waals surface area contributed by atoms with Crippen molar-refractivity contribution in [3.63, 3.8) is 0 Å². The molecule has 0 saturated heterocycles. The molecular formula is C14H28O2. The van der Waals surface area contributed by atoms with E-state index in [2.05, 4.69) is 13.8 Å². The first-order valence-corrected chi connectivity index (χ1v) is 6.62. The third kappa shape index (κ3) is 4.84. The van der Waals surface area contributed by atoms with E-state index in [-0.39, 0.29) is 11.0 Å². The third-order valence-electron chi connectivity index (χ3n) is 3.45. The summed E-state index contributed by atoms with van der Waals surface area (Å²) in [5.74, 6) is 0.796. The average molecular weight is 228 g/mol. The van der Waals surface area contributed by atoms with Crippen LogP contribution in [0.25, 0.3) is 0 Å². The van der Waals surface area contributed by atoms with E-state index in [1.807, 2.05) is 20.8 Å². The maximum absolute atomic E-state index is 5.42. The van der Waals surface area contributed by atoms with Crippen LogP contribution in [0.4, 0.5) is 0 Å². The molecule has 0 N–H and O–H groups in total. The van der Waals surface area contributed by atoms with E-state index in [1.165, 1.54) is 32.1 Å². The van der Waals surface area contributed by atoms with Gasteiger partial charge in [0.25, 0.3) is 0 Å². The minimum absolute atomic E-state index is 0.206. The van der Waals surface area contributed by atoms with Crippen molar-refractivity contribution in [2.24, 2.45) is 11.3 Å². The summed E-state index contributed by atoms with van der Waals surface area (Å²) in [6, 6.07) is 0. The molecule has 0 aromatic heterocycles. The molecule has 0 bridgehead atoms. The van der Waals surface area contributed by atoms with Crippen LogP contribution in [0.15, 0.2) is 0 Å². The first-order chi connectivity index (χ1) is 7.31. The normalized spacial score (nSPS) is 20.1. The van der Waals surface area contributed by atoms with Crippen LogP contribution in [0.2, 0.25) is 0 Å². The molecule has 1 saturated carbocycles. The standard InChI is InChI=1S/C14H28O2/c1-13(2,3)16-15-11-14(4,5)12-9-7-6-8-10-12/h12H,6-11H2,1-5H3. The number of hydrogen-bond donors (Lipinski definition) is 0. The Morgan fingerprint density at radius 3 is 2.00 bits per heavy atom. The van der Waals surface area contributed by atoms with Crippen molar-refractivity contribution in [2.75, 3.05) is 6.61 Å². The number of rotatable bonds is 4. The van der Waals surface area contributed by atoms with Gasteiger partial charge in [0.1, 0.15) is 0 Å². The molecule has 0 unspecified atom stereocenters. The van der Waals surface area contributed by atoms with Crippen molar-refractivity contribution in [1.29, 1.82) is 0 Å². The smallest absolute Gasteiger partial charge is 0.0952 e. The predicted octanol–water partition coefficient (Wildman–Crippen LogP) is 4.34. The molecule has 2 nitrogen and oxygen atoms in total. The number of hydrogen-bond acceptors (Lipinski definition) is 2. The Morgan fingerprint density at radius 2 is 1.50 bits per heavy atom. The fraction of sp³-hybridized carbons (Fsp3) is 1.00. The molecule has 0 amide bonds. The van der Waals surface area contributed by atoms with E-state index in [0.717, 1.165) is 5.92 Å². The highest BCUT2D eigenvalue weighted by Crippen LogP contribution is 2.38. The van der Waals surface area contributed by atoms with Crippen LogP contribution in [0.5, 0.6) is 0 Å². The molecule has 96 valence electrons. The highest BCUT2D eigenvalue weighted by atomic mass is 17.2. The third-order valence-corrected chi connectivity index (χ3v) is 3.45. The monoisotopic (exact) mass is 228 g/mol. The van der Waals surface area contributed by atoms with Crippen LogP contribution >= 0.6 is 0 Å². The molecule has 0 spiro atoms. The molecule has 1 rings (SSSR count). The quantitative estimate of drug-likeness (QED) is 0.526. The molecule has 1 aliphatic rings. The SMILES string of the molecule is CC(C)(C)OOCC(C)(C)C1CCCCC1. The predicted molar refractivity (Wildman–Crippen MR) is 67.1 cm³/mol. The molecular weight excluding hydrogens is 200 g/mol. The lowest BCUT2D eigenvalue weighted by atomic mass is 9.72. The maximum atomic E-state index is 5.42. The van der Waals surface area contributed by atoms with Crippen molar-refractivity contribution >= 4 is 0 Å². The molecule has 0 atom stereocenters. The van der Waals surface area contributed by atoms with Gasteiger partial charge >= 0.3 is 0 Å². The highest BCUT2D eigenvalue weighted by molar-refractivity contribution is 4.80. The van der Waals surface area contributed by atoms with E-state index in [0.29, 0.717) is 6.61 Å². The lowest BCUT2D eigenvalue weighted by Gasteiger charge is -2.36. The molecule has 0 heterocycles. The topological polar surface area (TPSA) is 18.5 Å². The second kappa shape index (κ2) is 5.50. The average Bonchev–Trinajstić information content (AvgIpc) is 2.17. The van der Waals surface area contributed by atoms with Gasteiger partial charge in [0, 0.05) is 0 Å². The molecule has 1 aliphatic carbocycles. The zero-order valence-electron chi connectivity index (χ0n) is 11.6. The first kappa shape index (κ1) is 14.0. The molecule has 0 aromatic rings. The maximum Gasteiger partial charge on any atom is 0.0952 e. The van der Waals surface area contributed by atoms with Crippen LogP contribution in [0, 0.1) is 11.3 Å². The van der Waals surface area contributed by atoms with Gasteiger partial charge in [0.2, 0.25) is 0 Å². The molecule has 0 aromatic carbocycles. The van der Waals surface area contributed by atoms with E-state index in [4.69, 9.17) is 9.78 Å². The molecule has 1 fully saturated rings. The van der Waals surface area contributed by atoms with Crippen molar-refractivity contribution in [3.05, 3.63) is 0 Å². The van der Waals surface area contributed by atoms with Crippen molar-refractivity contribution in [2.45, 2.75) is 72.3 Å². The van der Waals surface area contributed by atoms with Crippen LogP contribution in [-0.4, -0.2) is 12.2 Å². The minimum atomic E-state index is -0.206. The summed E-state index contributed by atoms with van der Waals surface area (Å²) in [7, 11) is 0. The fourth-order valence-corrected chi connectivity index (χ4v) is 2.36. The summed E-state index contributed by atoms with van der Waals surface area (Å²) < 4.78 is 0. The van der Waals surface area contributed by atoms with Gasteiger partial charge in [0.05, 0.1) is 12.2 Å². The van der Waals surface area contributed by atoms with Crippen molar-refractivity contribution in [1.82, 2.24) is 0 Å². The fourth-order valence-electron chi connectivity index (χ4n) is 2.36. The Kier molecular flexibility index (Phi) is 4.81. The highest BCUT2D eigenvalue weighted by Gasteiger charge is 2.31. The Morgan fingerprint density at radius 1 is 0.938 bits per heavy atom. The largest absolute Gasteiger partial charge is 0.236 e. The van der Waals surface area contributed by atoms with Gasteiger partial charge in [-0.1, -0.05) is 33.1 Å². The molecule has 2 heteroatoms. The zero-order chi connectivity index (χ0) is 12.2. The Balaban J connectivity index is 2.32.